The Morgan fingerprint density at radius 3 is 2.04 bits per heavy atom. The highest BCUT2D eigenvalue weighted by Gasteiger charge is 2.36. The van der Waals surface area contributed by atoms with Crippen LogP contribution in [0.1, 0.15) is 98.9 Å². The van der Waals surface area contributed by atoms with Crippen molar-refractivity contribution in [3.63, 3.8) is 0 Å². The van der Waals surface area contributed by atoms with E-state index in [2.05, 4.69) is 10.1 Å². The zero-order valence-electron chi connectivity index (χ0n) is 14.8. The number of nitrogens with zero attached hydrogens (tertiary/aromatic N) is 2. The molecule has 3 aliphatic rings. The van der Waals surface area contributed by atoms with Crippen LogP contribution in [-0.4, -0.2) is 28.0 Å². The number of rotatable bonds is 3. The van der Waals surface area contributed by atoms with E-state index in [1.165, 1.54) is 64.2 Å². The van der Waals surface area contributed by atoms with Crippen LogP contribution in [0.4, 0.5) is 0 Å². The van der Waals surface area contributed by atoms with E-state index in [1.807, 2.05) is 0 Å². The average molecular weight is 330 g/mol. The van der Waals surface area contributed by atoms with Gasteiger partial charge in [-0.25, -0.2) is 0 Å². The van der Waals surface area contributed by atoms with Gasteiger partial charge in [-0.3, -0.25) is 4.79 Å². The van der Waals surface area contributed by atoms with Gasteiger partial charge in [-0.1, -0.05) is 43.7 Å². The summed E-state index contributed by atoms with van der Waals surface area (Å²) in [7, 11) is 0. The van der Waals surface area contributed by atoms with E-state index < -0.39 is 0 Å². The minimum Gasteiger partial charge on any atom is -0.360 e. The Morgan fingerprint density at radius 1 is 0.833 bits per heavy atom. The van der Waals surface area contributed by atoms with Gasteiger partial charge in [-0.15, -0.1) is 0 Å². The van der Waals surface area contributed by atoms with Crippen LogP contribution in [-0.2, 0) is 12.8 Å². The van der Waals surface area contributed by atoms with Gasteiger partial charge in [0.25, 0.3) is 5.91 Å². The van der Waals surface area contributed by atoms with Gasteiger partial charge in [0.1, 0.15) is 5.76 Å². The summed E-state index contributed by atoms with van der Waals surface area (Å²) in [4.78, 5) is 15.7. The van der Waals surface area contributed by atoms with Gasteiger partial charge in [-0.05, 0) is 44.9 Å². The molecule has 4 nitrogen and oxygen atoms in total. The van der Waals surface area contributed by atoms with E-state index in [0.29, 0.717) is 17.8 Å². The molecule has 4 heteroatoms. The van der Waals surface area contributed by atoms with Gasteiger partial charge in [-0.2, -0.15) is 0 Å². The molecule has 2 saturated carbocycles. The molecular weight excluding hydrogens is 300 g/mol. The molecule has 1 amide bonds. The molecular formula is C20H30N2O2. The summed E-state index contributed by atoms with van der Waals surface area (Å²) in [5, 5.41) is 4.24. The van der Waals surface area contributed by atoms with Gasteiger partial charge in [0.2, 0.25) is 0 Å². The third-order valence-electron chi connectivity index (χ3n) is 6.32. The lowest BCUT2D eigenvalue weighted by molar-refractivity contribution is 0.0437. The molecule has 132 valence electrons. The van der Waals surface area contributed by atoms with Crippen molar-refractivity contribution in [3.05, 3.63) is 17.0 Å². The summed E-state index contributed by atoms with van der Waals surface area (Å²) < 4.78 is 5.54. The van der Waals surface area contributed by atoms with Gasteiger partial charge in [0.05, 0.1) is 0 Å². The molecule has 0 aliphatic heterocycles. The van der Waals surface area contributed by atoms with Gasteiger partial charge < -0.3 is 9.42 Å². The molecule has 3 aliphatic carbocycles. The van der Waals surface area contributed by atoms with Crippen LogP contribution >= 0.6 is 0 Å². The molecule has 0 bridgehead atoms. The highest BCUT2D eigenvalue weighted by Crippen LogP contribution is 2.33. The maximum atomic E-state index is 13.5. The maximum absolute atomic E-state index is 13.5. The number of amides is 1. The first-order chi connectivity index (χ1) is 11.8. The molecule has 0 spiro atoms. The van der Waals surface area contributed by atoms with Crippen LogP contribution in [0.3, 0.4) is 0 Å². The second-order valence-corrected chi connectivity index (χ2v) is 7.94. The number of fused-ring (bicyclic) bond motifs is 1. The predicted molar refractivity (Wildman–Crippen MR) is 93.1 cm³/mol. The minimum atomic E-state index is 0.167. The Labute approximate surface area is 145 Å². The lowest BCUT2D eigenvalue weighted by atomic mass is 9.87. The quantitative estimate of drug-likeness (QED) is 0.809. The third-order valence-corrected chi connectivity index (χ3v) is 6.32. The Balaban J connectivity index is 1.61. The Kier molecular flexibility index (Phi) is 4.91. The van der Waals surface area contributed by atoms with Crippen molar-refractivity contribution in [2.24, 2.45) is 0 Å². The number of hydrogen-bond donors (Lipinski definition) is 0. The smallest absolute Gasteiger partial charge is 0.276 e. The van der Waals surface area contributed by atoms with E-state index >= 15 is 0 Å². The molecule has 4 rings (SSSR count). The van der Waals surface area contributed by atoms with Crippen LogP contribution in [0.25, 0.3) is 0 Å². The highest BCUT2D eigenvalue weighted by atomic mass is 16.5. The third kappa shape index (κ3) is 3.12. The van der Waals surface area contributed by atoms with Crippen LogP contribution in [0.2, 0.25) is 0 Å². The van der Waals surface area contributed by atoms with E-state index in [-0.39, 0.29) is 5.91 Å². The van der Waals surface area contributed by atoms with E-state index in [1.54, 1.807) is 0 Å². The summed E-state index contributed by atoms with van der Waals surface area (Å²) >= 11 is 0. The Hall–Kier alpha value is -1.32. The molecule has 0 atom stereocenters. The van der Waals surface area contributed by atoms with Gasteiger partial charge >= 0.3 is 0 Å². The van der Waals surface area contributed by atoms with Crippen molar-refractivity contribution >= 4 is 5.91 Å². The van der Waals surface area contributed by atoms with Crippen LogP contribution in [0, 0.1) is 0 Å². The fraction of sp³-hybridized carbons (Fsp3) is 0.800. The first-order valence-corrected chi connectivity index (χ1v) is 10.1. The monoisotopic (exact) mass is 330 g/mol. The van der Waals surface area contributed by atoms with Crippen molar-refractivity contribution < 1.29 is 9.32 Å². The zero-order chi connectivity index (χ0) is 16.4. The van der Waals surface area contributed by atoms with Crippen LogP contribution in [0.5, 0.6) is 0 Å². The van der Waals surface area contributed by atoms with Crippen molar-refractivity contribution in [2.45, 2.75) is 102 Å². The summed E-state index contributed by atoms with van der Waals surface area (Å²) in [6, 6.07) is 0.843. The second-order valence-electron chi connectivity index (χ2n) is 7.94. The fourth-order valence-corrected chi connectivity index (χ4v) is 5.02. The SMILES string of the molecule is O=C(c1noc2c1CCCC2)N(C1CCCCC1)C1CCCCC1. The number of aryl methyl sites for hydroxylation is 1. The number of carbonyl (C=O) groups excluding carboxylic acids is 1. The predicted octanol–water partition coefficient (Wildman–Crippen LogP) is 4.66. The molecule has 0 saturated heterocycles. The van der Waals surface area contributed by atoms with E-state index in [4.69, 9.17) is 4.52 Å². The number of hydrogen-bond acceptors (Lipinski definition) is 3. The van der Waals surface area contributed by atoms with Crippen LogP contribution < -0.4 is 0 Å². The lowest BCUT2D eigenvalue weighted by Crippen LogP contribution is -2.49. The van der Waals surface area contributed by atoms with Crippen molar-refractivity contribution in [2.75, 3.05) is 0 Å². The molecule has 1 heterocycles. The lowest BCUT2D eigenvalue weighted by Gasteiger charge is -2.41. The van der Waals surface area contributed by atoms with Gasteiger partial charge in [0, 0.05) is 24.1 Å². The topological polar surface area (TPSA) is 46.3 Å². The average Bonchev–Trinajstić information content (AvgIpc) is 3.08. The first-order valence-electron chi connectivity index (χ1n) is 10.1. The molecule has 0 N–H and O–H groups in total. The molecule has 0 unspecified atom stereocenters. The zero-order valence-corrected chi connectivity index (χ0v) is 14.8. The summed E-state index contributed by atoms with van der Waals surface area (Å²) in [6.07, 6.45) is 16.6. The summed E-state index contributed by atoms with van der Waals surface area (Å²) in [5.74, 6) is 1.14. The standard InChI is InChI=1S/C20H30N2O2/c23-20(19-17-13-7-8-14-18(17)24-21-19)22(15-9-3-1-4-10-15)16-11-5-2-6-12-16/h15-16H,1-14H2. The van der Waals surface area contributed by atoms with Crippen molar-refractivity contribution in [1.29, 1.82) is 0 Å². The summed E-state index contributed by atoms with van der Waals surface area (Å²) in [6.45, 7) is 0. The van der Waals surface area contributed by atoms with Crippen molar-refractivity contribution in [3.8, 4) is 0 Å². The van der Waals surface area contributed by atoms with Crippen LogP contribution in [0.15, 0.2) is 4.52 Å². The molecule has 1 aromatic rings. The van der Waals surface area contributed by atoms with Gasteiger partial charge in [0.15, 0.2) is 5.69 Å². The normalized spacial score (nSPS) is 23.0. The Morgan fingerprint density at radius 2 is 1.42 bits per heavy atom. The minimum absolute atomic E-state index is 0.167. The van der Waals surface area contributed by atoms with Crippen molar-refractivity contribution in [1.82, 2.24) is 10.1 Å². The second kappa shape index (κ2) is 7.28. The molecule has 24 heavy (non-hydrogen) atoms. The molecule has 1 aromatic heterocycles. The Bertz CT molecular complexity index is 550. The maximum Gasteiger partial charge on any atom is 0.276 e. The van der Waals surface area contributed by atoms with E-state index in [9.17, 15) is 4.79 Å². The first kappa shape index (κ1) is 16.2. The van der Waals surface area contributed by atoms with E-state index in [0.717, 1.165) is 37.0 Å². The molecule has 2 fully saturated rings. The molecule has 0 radical (unpaired) electrons. The highest BCUT2D eigenvalue weighted by molar-refractivity contribution is 5.94. The fourth-order valence-electron chi connectivity index (χ4n) is 5.02. The number of aromatic nitrogens is 1. The number of carbonyl (C=O) groups is 1. The summed E-state index contributed by atoms with van der Waals surface area (Å²) in [5.41, 5.74) is 1.75. The molecule has 0 aromatic carbocycles. The largest absolute Gasteiger partial charge is 0.360 e.